The Balaban J connectivity index is 2.37. The third-order valence-corrected chi connectivity index (χ3v) is 4.58. The minimum absolute atomic E-state index is 0.0916. The summed E-state index contributed by atoms with van der Waals surface area (Å²) in [6.07, 6.45) is 2.37. The lowest BCUT2D eigenvalue weighted by atomic mass is 9.82. The summed E-state index contributed by atoms with van der Waals surface area (Å²) in [6, 6.07) is 5.37. The maximum Gasteiger partial charge on any atom is 0.217 e. The Morgan fingerprint density at radius 3 is 2.78 bits per heavy atom. The summed E-state index contributed by atoms with van der Waals surface area (Å²) in [4.78, 5) is 28.5. The van der Waals surface area contributed by atoms with Gasteiger partial charge in [0, 0.05) is 36.2 Å². The van der Waals surface area contributed by atoms with E-state index in [1.807, 2.05) is 12.1 Å². The molecule has 0 spiro atoms. The van der Waals surface area contributed by atoms with E-state index in [1.54, 1.807) is 12.3 Å². The van der Waals surface area contributed by atoms with Crippen molar-refractivity contribution in [3.63, 3.8) is 0 Å². The van der Waals surface area contributed by atoms with Crippen molar-refractivity contribution < 1.29 is 9.59 Å². The van der Waals surface area contributed by atoms with Gasteiger partial charge in [-0.05, 0) is 38.1 Å². The van der Waals surface area contributed by atoms with Crippen molar-refractivity contribution in [2.75, 3.05) is 13.1 Å². The van der Waals surface area contributed by atoms with E-state index in [0.717, 1.165) is 17.5 Å². The number of hydrogen-bond donors (Lipinski definition) is 2. The number of nitrogens with one attached hydrogen (secondary N) is 2. The Kier molecular flexibility index (Phi) is 4.08. The Morgan fingerprint density at radius 1 is 1.39 bits per heavy atom. The smallest absolute Gasteiger partial charge is 0.217 e. The van der Waals surface area contributed by atoms with Gasteiger partial charge in [-0.3, -0.25) is 14.6 Å². The van der Waals surface area contributed by atoms with Gasteiger partial charge in [0.05, 0.1) is 16.1 Å². The van der Waals surface area contributed by atoms with Crippen LogP contribution in [-0.2, 0) is 10.3 Å². The van der Waals surface area contributed by atoms with Gasteiger partial charge < -0.3 is 10.6 Å². The number of rotatable bonds is 3. The first-order chi connectivity index (χ1) is 10.9. The third-order valence-electron chi connectivity index (χ3n) is 4.27. The zero-order valence-electron chi connectivity index (χ0n) is 13.1. The van der Waals surface area contributed by atoms with Gasteiger partial charge in [0.2, 0.25) is 5.91 Å². The summed E-state index contributed by atoms with van der Waals surface area (Å²) in [7, 11) is 0. The molecule has 120 valence electrons. The molecule has 2 N–H and O–H groups in total. The Hall–Kier alpha value is -1.98. The largest absolute Gasteiger partial charge is 0.345 e. The van der Waals surface area contributed by atoms with Crippen LogP contribution in [0.25, 0.3) is 10.9 Å². The molecule has 0 aliphatic carbocycles. The number of Topliss-reactive ketones (excluding diaryl/α,β-unsaturated/α-hetero) is 1. The monoisotopic (exact) mass is 331 g/mol. The van der Waals surface area contributed by atoms with Crippen LogP contribution in [0.1, 0.15) is 36.2 Å². The van der Waals surface area contributed by atoms with E-state index in [-0.39, 0.29) is 11.7 Å². The van der Waals surface area contributed by atoms with Gasteiger partial charge in [-0.15, -0.1) is 0 Å². The summed E-state index contributed by atoms with van der Waals surface area (Å²) >= 11 is 6.34. The van der Waals surface area contributed by atoms with Gasteiger partial charge in [0.25, 0.3) is 0 Å². The minimum Gasteiger partial charge on any atom is -0.345 e. The minimum atomic E-state index is -0.649. The van der Waals surface area contributed by atoms with Crippen molar-refractivity contribution in [1.29, 1.82) is 0 Å². The number of carbonyl (C=O) groups is 2. The molecule has 2 aromatic rings. The first-order valence-corrected chi connectivity index (χ1v) is 7.90. The summed E-state index contributed by atoms with van der Waals surface area (Å²) in [5, 5.41) is 7.59. The summed E-state index contributed by atoms with van der Waals surface area (Å²) in [6.45, 7) is 4.31. The second-order valence-corrected chi connectivity index (χ2v) is 6.33. The van der Waals surface area contributed by atoms with E-state index < -0.39 is 5.54 Å². The Bertz CT molecular complexity index is 798. The average molecular weight is 332 g/mol. The first kappa shape index (κ1) is 15.9. The second kappa shape index (κ2) is 5.91. The average Bonchev–Trinajstić information content (AvgIpc) is 2.95. The fourth-order valence-electron chi connectivity index (χ4n) is 3.38. The van der Waals surface area contributed by atoms with Crippen molar-refractivity contribution in [3.05, 3.63) is 40.5 Å². The summed E-state index contributed by atoms with van der Waals surface area (Å²) in [5.74, 6) is -0.228. The zero-order valence-corrected chi connectivity index (χ0v) is 13.8. The third kappa shape index (κ3) is 2.71. The molecule has 1 fully saturated rings. The van der Waals surface area contributed by atoms with Gasteiger partial charge in [0.15, 0.2) is 5.78 Å². The highest BCUT2D eigenvalue weighted by atomic mass is 35.5. The predicted octanol–water partition coefficient (Wildman–Crippen LogP) is 2.42. The Morgan fingerprint density at radius 2 is 2.17 bits per heavy atom. The van der Waals surface area contributed by atoms with Gasteiger partial charge in [-0.1, -0.05) is 11.6 Å². The van der Waals surface area contributed by atoms with Crippen molar-refractivity contribution in [2.24, 2.45) is 0 Å². The van der Waals surface area contributed by atoms with E-state index in [9.17, 15) is 9.59 Å². The topological polar surface area (TPSA) is 71.1 Å². The molecule has 23 heavy (non-hydrogen) atoms. The maximum atomic E-state index is 12.2. The lowest BCUT2D eigenvalue weighted by molar-refractivity contribution is -0.120. The van der Waals surface area contributed by atoms with E-state index in [2.05, 4.69) is 15.6 Å². The number of pyridine rings is 1. The summed E-state index contributed by atoms with van der Waals surface area (Å²) < 4.78 is 0. The highest BCUT2D eigenvalue weighted by Crippen LogP contribution is 2.38. The van der Waals surface area contributed by atoms with Gasteiger partial charge >= 0.3 is 0 Å². The number of halogens is 1. The van der Waals surface area contributed by atoms with E-state index in [4.69, 9.17) is 11.6 Å². The molecule has 1 aliphatic heterocycles. The molecule has 1 aromatic heterocycles. The van der Waals surface area contributed by atoms with Crippen LogP contribution >= 0.6 is 11.6 Å². The van der Waals surface area contributed by atoms with Crippen LogP contribution in [0.4, 0.5) is 0 Å². The number of hydrogen-bond acceptors (Lipinski definition) is 4. The molecule has 1 aromatic carbocycles. The van der Waals surface area contributed by atoms with Crippen LogP contribution in [0.5, 0.6) is 0 Å². The molecule has 1 saturated heterocycles. The number of benzene rings is 1. The fourth-order valence-corrected chi connectivity index (χ4v) is 3.64. The maximum absolute atomic E-state index is 12.2. The van der Waals surface area contributed by atoms with Gasteiger partial charge in [-0.25, -0.2) is 0 Å². The van der Waals surface area contributed by atoms with E-state index in [0.29, 0.717) is 29.1 Å². The standard InChI is InChI=1S/C17H18ClN3O2/c1-10(22)13-8-14(18)12-4-3-6-20-16(12)15(13)17(21-11(2)23)5-7-19-9-17/h3-4,6,8,19H,5,7,9H2,1-2H3,(H,21,23)/t17-/m1/s1. The quantitative estimate of drug-likeness (QED) is 0.847. The van der Waals surface area contributed by atoms with Crippen LogP contribution in [0.15, 0.2) is 24.4 Å². The Labute approximate surface area is 139 Å². The molecule has 0 saturated carbocycles. The number of nitrogens with zero attached hydrogens (tertiary/aromatic N) is 1. The van der Waals surface area contributed by atoms with Crippen LogP contribution < -0.4 is 10.6 Å². The van der Waals surface area contributed by atoms with Crippen LogP contribution in [0.2, 0.25) is 5.02 Å². The molecule has 1 aliphatic rings. The number of amides is 1. The number of fused-ring (bicyclic) bond motifs is 1. The normalized spacial score (nSPS) is 20.7. The molecule has 5 nitrogen and oxygen atoms in total. The first-order valence-electron chi connectivity index (χ1n) is 7.53. The van der Waals surface area contributed by atoms with Crippen LogP contribution in [-0.4, -0.2) is 29.8 Å². The van der Waals surface area contributed by atoms with E-state index >= 15 is 0 Å². The lowest BCUT2D eigenvalue weighted by Gasteiger charge is -2.32. The molecule has 0 bridgehead atoms. The molecular weight excluding hydrogens is 314 g/mol. The second-order valence-electron chi connectivity index (χ2n) is 5.93. The van der Waals surface area contributed by atoms with Crippen molar-refractivity contribution in [1.82, 2.24) is 15.6 Å². The van der Waals surface area contributed by atoms with Gasteiger partial charge in [0.1, 0.15) is 0 Å². The lowest BCUT2D eigenvalue weighted by Crippen LogP contribution is -2.47. The van der Waals surface area contributed by atoms with Crippen molar-refractivity contribution in [2.45, 2.75) is 25.8 Å². The predicted molar refractivity (Wildman–Crippen MR) is 89.7 cm³/mol. The highest BCUT2D eigenvalue weighted by molar-refractivity contribution is 6.36. The van der Waals surface area contributed by atoms with Gasteiger partial charge in [-0.2, -0.15) is 0 Å². The highest BCUT2D eigenvalue weighted by Gasteiger charge is 2.40. The number of ketones is 1. The van der Waals surface area contributed by atoms with Crippen LogP contribution in [0.3, 0.4) is 0 Å². The molecule has 0 unspecified atom stereocenters. The van der Waals surface area contributed by atoms with Crippen molar-refractivity contribution in [3.8, 4) is 0 Å². The zero-order chi connectivity index (χ0) is 16.6. The molecule has 1 atom stereocenters. The molecule has 2 heterocycles. The number of carbonyl (C=O) groups excluding carboxylic acids is 2. The summed E-state index contributed by atoms with van der Waals surface area (Å²) in [5.41, 5.74) is 1.29. The number of aromatic nitrogens is 1. The molecule has 1 amide bonds. The van der Waals surface area contributed by atoms with E-state index in [1.165, 1.54) is 13.8 Å². The molecule has 3 rings (SSSR count). The van der Waals surface area contributed by atoms with Crippen LogP contribution in [0, 0.1) is 0 Å². The molecular formula is C17H18ClN3O2. The molecule has 0 radical (unpaired) electrons. The van der Waals surface area contributed by atoms with Crippen molar-refractivity contribution >= 4 is 34.2 Å². The SMILES string of the molecule is CC(=O)N[C@]1(c2c(C(C)=O)cc(Cl)c3cccnc23)CCNC1. The fraction of sp³-hybridized carbons (Fsp3) is 0.353. The molecule has 6 heteroatoms.